The first-order valence-corrected chi connectivity index (χ1v) is 11.2. The number of hydrogen-bond acceptors (Lipinski definition) is 7. The summed E-state index contributed by atoms with van der Waals surface area (Å²) in [5.74, 6) is -0.119. The molecule has 1 aromatic carbocycles. The van der Waals surface area contributed by atoms with Gasteiger partial charge in [0.1, 0.15) is 6.61 Å². The number of hydrogen-bond donors (Lipinski definition) is 1. The molecule has 0 saturated carbocycles. The number of ether oxygens (including phenoxy) is 3. The fourth-order valence-corrected chi connectivity index (χ4v) is 4.03. The van der Waals surface area contributed by atoms with Crippen LogP contribution in [0.25, 0.3) is 0 Å². The van der Waals surface area contributed by atoms with E-state index >= 15 is 0 Å². The number of nitrogens with zero attached hydrogens (tertiary/aromatic N) is 2. The monoisotopic (exact) mass is 456 g/mol. The Balaban J connectivity index is 1.85. The molecule has 2 aromatic rings. The SMILES string of the molecule is CC[C@](O)(CC(=O)N1C(=O)OC[C@@H]1C(C)C)c1ccnc(OC)c1COCc1ccccc1. The first-order chi connectivity index (χ1) is 15.8. The van der Waals surface area contributed by atoms with Crippen LogP contribution < -0.4 is 4.74 Å². The van der Waals surface area contributed by atoms with Crippen LogP contribution in [0.15, 0.2) is 42.6 Å². The van der Waals surface area contributed by atoms with Crippen LogP contribution in [0, 0.1) is 5.92 Å². The third kappa shape index (κ3) is 5.51. The molecule has 0 spiro atoms. The molecule has 0 aliphatic carbocycles. The number of methoxy groups -OCH3 is 1. The quantitative estimate of drug-likeness (QED) is 0.581. The molecular formula is C25H32N2O6. The highest BCUT2D eigenvalue weighted by Gasteiger charge is 2.43. The molecule has 2 amide bonds. The molecule has 1 aromatic heterocycles. The number of carbonyl (C=O) groups is 2. The van der Waals surface area contributed by atoms with E-state index in [1.165, 1.54) is 13.3 Å². The van der Waals surface area contributed by atoms with Gasteiger partial charge in [0.15, 0.2) is 0 Å². The number of aromatic nitrogens is 1. The first kappa shape index (κ1) is 24.7. The summed E-state index contributed by atoms with van der Waals surface area (Å²) in [7, 11) is 1.50. The van der Waals surface area contributed by atoms with Gasteiger partial charge in [0.2, 0.25) is 11.8 Å². The molecular weight excluding hydrogens is 424 g/mol. The summed E-state index contributed by atoms with van der Waals surface area (Å²) < 4.78 is 16.4. The Hall–Kier alpha value is -2.97. The van der Waals surface area contributed by atoms with E-state index in [1.807, 2.05) is 44.2 Å². The molecule has 2 heterocycles. The van der Waals surface area contributed by atoms with Crippen molar-refractivity contribution < 1.29 is 28.9 Å². The Kier molecular flexibility index (Phi) is 8.05. The molecule has 1 saturated heterocycles. The minimum Gasteiger partial charge on any atom is -0.481 e. The maximum absolute atomic E-state index is 13.2. The van der Waals surface area contributed by atoms with Crippen molar-refractivity contribution in [1.82, 2.24) is 9.88 Å². The Labute approximate surface area is 194 Å². The largest absolute Gasteiger partial charge is 0.481 e. The summed E-state index contributed by atoms with van der Waals surface area (Å²) in [6.07, 6.45) is 0.824. The number of benzene rings is 1. The van der Waals surface area contributed by atoms with Gasteiger partial charge in [-0.1, -0.05) is 51.1 Å². The molecule has 1 aliphatic rings. The molecule has 2 atom stereocenters. The van der Waals surface area contributed by atoms with Crippen molar-refractivity contribution in [2.24, 2.45) is 5.92 Å². The summed E-state index contributed by atoms with van der Waals surface area (Å²) in [6, 6.07) is 11.0. The molecule has 8 heteroatoms. The molecule has 1 aliphatic heterocycles. The van der Waals surface area contributed by atoms with Crippen LogP contribution in [0.5, 0.6) is 5.88 Å². The molecule has 3 rings (SSSR count). The van der Waals surface area contributed by atoms with Gasteiger partial charge in [-0.15, -0.1) is 0 Å². The number of carbonyl (C=O) groups excluding carboxylic acids is 2. The lowest BCUT2D eigenvalue weighted by Crippen LogP contribution is -2.45. The second-order valence-electron chi connectivity index (χ2n) is 8.54. The molecule has 0 radical (unpaired) electrons. The van der Waals surface area contributed by atoms with E-state index in [-0.39, 0.29) is 38.0 Å². The lowest BCUT2D eigenvalue weighted by molar-refractivity contribution is -0.135. The topological polar surface area (TPSA) is 98.2 Å². The van der Waals surface area contributed by atoms with E-state index < -0.39 is 17.6 Å². The van der Waals surface area contributed by atoms with Crippen molar-refractivity contribution in [1.29, 1.82) is 0 Å². The van der Waals surface area contributed by atoms with E-state index in [4.69, 9.17) is 14.2 Å². The average molecular weight is 457 g/mol. The van der Waals surface area contributed by atoms with Crippen LogP contribution >= 0.6 is 0 Å². The van der Waals surface area contributed by atoms with Gasteiger partial charge in [0.25, 0.3) is 0 Å². The van der Waals surface area contributed by atoms with Crippen LogP contribution in [-0.4, -0.2) is 46.7 Å². The van der Waals surface area contributed by atoms with Crippen molar-refractivity contribution in [2.75, 3.05) is 13.7 Å². The van der Waals surface area contributed by atoms with Gasteiger partial charge in [-0.3, -0.25) is 4.79 Å². The molecule has 0 unspecified atom stereocenters. The smallest absolute Gasteiger partial charge is 0.416 e. The number of amides is 2. The maximum atomic E-state index is 13.2. The number of imide groups is 1. The van der Waals surface area contributed by atoms with E-state index in [2.05, 4.69) is 4.98 Å². The second-order valence-corrected chi connectivity index (χ2v) is 8.54. The second kappa shape index (κ2) is 10.8. The highest BCUT2D eigenvalue weighted by Crippen LogP contribution is 2.36. The predicted octanol–water partition coefficient (Wildman–Crippen LogP) is 3.80. The van der Waals surface area contributed by atoms with Gasteiger partial charge in [-0.25, -0.2) is 14.7 Å². The molecule has 1 fully saturated rings. The number of aliphatic hydroxyl groups is 1. The van der Waals surface area contributed by atoms with Crippen molar-refractivity contribution >= 4 is 12.0 Å². The van der Waals surface area contributed by atoms with Crippen LogP contribution in [0.4, 0.5) is 4.79 Å². The van der Waals surface area contributed by atoms with Crippen molar-refractivity contribution in [3.05, 3.63) is 59.3 Å². The summed E-state index contributed by atoms with van der Waals surface area (Å²) in [6.45, 7) is 6.31. The summed E-state index contributed by atoms with van der Waals surface area (Å²) in [5.41, 5.74) is 0.530. The van der Waals surface area contributed by atoms with Crippen molar-refractivity contribution in [2.45, 2.75) is 58.5 Å². The predicted molar refractivity (Wildman–Crippen MR) is 121 cm³/mol. The zero-order valence-electron chi connectivity index (χ0n) is 19.6. The van der Waals surface area contributed by atoms with Crippen LogP contribution in [-0.2, 0) is 33.1 Å². The third-order valence-electron chi connectivity index (χ3n) is 6.04. The lowest BCUT2D eigenvalue weighted by Gasteiger charge is -2.32. The standard InChI is InChI=1S/C25H32N2O6/c1-5-25(30,13-22(28)27-21(17(2)3)16-33-24(27)29)20-11-12-26-23(31-4)19(20)15-32-14-18-9-7-6-8-10-18/h6-12,17,21,30H,5,13-16H2,1-4H3/t21-,25+/m1/s1. The normalized spacial score (nSPS) is 17.7. The number of pyridine rings is 1. The highest BCUT2D eigenvalue weighted by atomic mass is 16.6. The Morgan fingerprint density at radius 1 is 1.27 bits per heavy atom. The zero-order chi connectivity index (χ0) is 24.0. The van der Waals surface area contributed by atoms with Crippen LogP contribution in [0.1, 0.15) is 50.3 Å². The molecule has 1 N–H and O–H groups in total. The minimum atomic E-state index is -1.54. The van der Waals surface area contributed by atoms with Gasteiger partial charge >= 0.3 is 6.09 Å². The molecule has 33 heavy (non-hydrogen) atoms. The fraction of sp³-hybridized carbons (Fsp3) is 0.480. The Morgan fingerprint density at radius 2 is 2.00 bits per heavy atom. The summed E-state index contributed by atoms with van der Waals surface area (Å²) in [5, 5.41) is 11.6. The first-order valence-electron chi connectivity index (χ1n) is 11.2. The van der Waals surface area contributed by atoms with Gasteiger partial charge in [0.05, 0.1) is 38.4 Å². The van der Waals surface area contributed by atoms with Gasteiger partial charge in [0, 0.05) is 11.8 Å². The van der Waals surface area contributed by atoms with E-state index in [9.17, 15) is 14.7 Å². The van der Waals surface area contributed by atoms with E-state index in [0.717, 1.165) is 10.5 Å². The zero-order valence-corrected chi connectivity index (χ0v) is 19.6. The third-order valence-corrected chi connectivity index (χ3v) is 6.04. The maximum Gasteiger partial charge on any atom is 0.416 e. The Morgan fingerprint density at radius 3 is 2.64 bits per heavy atom. The van der Waals surface area contributed by atoms with Gasteiger partial charge in [-0.05, 0) is 29.5 Å². The van der Waals surface area contributed by atoms with E-state index in [0.29, 0.717) is 23.6 Å². The lowest BCUT2D eigenvalue weighted by atomic mass is 9.84. The van der Waals surface area contributed by atoms with E-state index in [1.54, 1.807) is 13.0 Å². The minimum absolute atomic E-state index is 0.0399. The van der Waals surface area contributed by atoms with Crippen molar-refractivity contribution in [3.63, 3.8) is 0 Å². The summed E-state index contributed by atoms with van der Waals surface area (Å²) >= 11 is 0. The Bertz CT molecular complexity index is 965. The van der Waals surface area contributed by atoms with Gasteiger partial charge in [-0.2, -0.15) is 0 Å². The van der Waals surface area contributed by atoms with Crippen molar-refractivity contribution in [3.8, 4) is 5.88 Å². The van der Waals surface area contributed by atoms with Crippen LogP contribution in [0.3, 0.4) is 0 Å². The molecule has 178 valence electrons. The average Bonchev–Trinajstić information content (AvgIpc) is 3.21. The fourth-order valence-electron chi connectivity index (χ4n) is 4.03. The highest BCUT2D eigenvalue weighted by molar-refractivity contribution is 5.94. The summed E-state index contributed by atoms with van der Waals surface area (Å²) in [4.78, 5) is 30.8. The molecule has 8 nitrogen and oxygen atoms in total. The number of rotatable bonds is 10. The van der Waals surface area contributed by atoms with Crippen LogP contribution in [0.2, 0.25) is 0 Å². The van der Waals surface area contributed by atoms with Gasteiger partial charge < -0.3 is 19.3 Å². The molecule has 0 bridgehead atoms. The number of cyclic esters (lactones) is 1.